The van der Waals surface area contributed by atoms with Crippen LogP contribution in [0.5, 0.6) is 0 Å². The zero-order valence-corrected chi connectivity index (χ0v) is 11.5. The Labute approximate surface area is 120 Å². The van der Waals surface area contributed by atoms with Crippen molar-refractivity contribution >= 4 is 11.7 Å². The number of ether oxygens (including phenoxy) is 1. The number of hydrogen-bond donors (Lipinski definition) is 1. The molecule has 0 saturated carbocycles. The van der Waals surface area contributed by atoms with Crippen LogP contribution in [0, 0.1) is 12.7 Å². The van der Waals surface area contributed by atoms with Crippen LogP contribution in [0.4, 0.5) is 18.9 Å². The lowest BCUT2D eigenvalue weighted by Crippen LogP contribution is -2.46. The summed E-state index contributed by atoms with van der Waals surface area (Å²) in [6.45, 7) is 2.36. The van der Waals surface area contributed by atoms with E-state index in [1.807, 2.05) is 0 Å². The van der Waals surface area contributed by atoms with Crippen molar-refractivity contribution in [3.05, 3.63) is 29.1 Å². The lowest BCUT2D eigenvalue weighted by atomic mass is 10.0. The molecule has 1 aliphatic heterocycles. The Balaban J connectivity index is 2.33. The van der Waals surface area contributed by atoms with E-state index in [0.29, 0.717) is 18.8 Å². The van der Waals surface area contributed by atoms with Gasteiger partial charge in [-0.25, -0.2) is 18.0 Å². The number of aryl methyl sites for hydroxylation is 1. The molecule has 0 aliphatic carbocycles. The van der Waals surface area contributed by atoms with Crippen LogP contribution in [0.25, 0.3) is 0 Å². The van der Waals surface area contributed by atoms with Gasteiger partial charge in [-0.05, 0) is 24.6 Å². The average Bonchev–Trinajstić information content (AvgIpc) is 2.37. The predicted octanol–water partition coefficient (Wildman–Crippen LogP) is 2.69. The zero-order chi connectivity index (χ0) is 15.6. The van der Waals surface area contributed by atoms with Crippen molar-refractivity contribution in [1.29, 1.82) is 0 Å². The first-order valence-electron chi connectivity index (χ1n) is 6.56. The van der Waals surface area contributed by atoms with Crippen LogP contribution in [0.1, 0.15) is 22.3 Å². The van der Waals surface area contributed by atoms with Crippen molar-refractivity contribution in [1.82, 2.24) is 0 Å². The number of alkyl halides is 2. The molecule has 1 saturated heterocycles. The number of carbonyl (C=O) groups is 1. The number of rotatable bonds is 4. The minimum Gasteiger partial charge on any atom is -0.478 e. The third kappa shape index (κ3) is 3.47. The van der Waals surface area contributed by atoms with Crippen LogP contribution in [-0.2, 0) is 4.74 Å². The highest BCUT2D eigenvalue weighted by Gasteiger charge is 2.27. The van der Waals surface area contributed by atoms with E-state index in [2.05, 4.69) is 0 Å². The van der Waals surface area contributed by atoms with Gasteiger partial charge >= 0.3 is 5.97 Å². The van der Waals surface area contributed by atoms with Gasteiger partial charge in [0.15, 0.2) is 0 Å². The van der Waals surface area contributed by atoms with Gasteiger partial charge in [0.25, 0.3) is 0 Å². The van der Waals surface area contributed by atoms with Gasteiger partial charge in [0.05, 0.1) is 24.8 Å². The number of carboxylic acids is 1. The van der Waals surface area contributed by atoms with Crippen LogP contribution in [-0.4, -0.2) is 43.3 Å². The molecule has 7 heteroatoms. The molecule has 116 valence electrons. The van der Waals surface area contributed by atoms with Crippen LogP contribution in [0.2, 0.25) is 0 Å². The molecule has 1 aliphatic rings. The second-order valence-electron chi connectivity index (χ2n) is 4.97. The maximum Gasteiger partial charge on any atom is 0.338 e. The molecule has 1 aromatic carbocycles. The number of anilines is 1. The first kappa shape index (κ1) is 15.6. The summed E-state index contributed by atoms with van der Waals surface area (Å²) in [7, 11) is 0. The average molecular weight is 303 g/mol. The van der Waals surface area contributed by atoms with E-state index in [4.69, 9.17) is 9.84 Å². The number of morpholine rings is 1. The predicted molar refractivity (Wildman–Crippen MR) is 70.7 cm³/mol. The molecule has 1 fully saturated rings. The van der Waals surface area contributed by atoms with Crippen LogP contribution < -0.4 is 4.90 Å². The van der Waals surface area contributed by atoms with Crippen LogP contribution in [0.15, 0.2) is 12.1 Å². The van der Waals surface area contributed by atoms with E-state index < -0.39 is 29.8 Å². The molecule has 0 radical (unpaired) electrons. The Hall–Kier alpha value is -1.76. The summed E-state index contributed by atoms with van der Waals surface area (Å²) in [4.78, 5) is 12.6. The van der Waals surface area contributed by atoms with Gasteiger partial charge in [-0.15, -0.1) is 0 Å². The summed E-state index contributed by atoms with van der Waals surface area (Å²) in [5.74, 6) is -2.21. The van der Waals surface area contributed by atoms with Crippen molar-refractivity contribution in [3.63, 3.8) is 0 Å². The first-order valence-corrected chi connectivity index (χ1v) is 6.56. The van der Waals surface area contributed by atoms with Crippen LogP contribution in [0.3, 0.4) is 0 Å². The van der Waals surface area contributed by atoms with E-state index in [-0.39, 0.29) is 18.6 Å². The largest absolute Gasteiger partial charge is 0.478 e. The monoisotopic (exact) mass is 303 g/mol. The second-order valence-corrected chi connectivity index (χ2v) is 4.97. The zero-order valence-electron chi connectivity index (χ0n) is 11.5. The summed E-state index contributed by atoms with van der Waals surface area (Å²) in [5.41, 5.74) is 0.279. The SMILES string of the molecule is Cc1cc(N2CCOCC2CC(F)F)cc(F)c1C(=O)O. The molecule has 1 heterocycles. The summed E-state index contributed by atoms with van der Waals surface area (Å²) in [6, 6.07) is 2.05. The lowest BCUT2D eigenvalue weighted by Gasteiger charge is -2.37. The fraction of sp³-hybridized carbons (Fsp3) is 0.500. The van der Waals surface area contributed by atoms with Gasteiger partial charge in [-0.1, -0.05) is 0 Å². The highest BCUT2D eigenvalue weighted by molar-refractivity contribution is 5.90. The molecule has 1 aromatic rings. The quantitative estimate of drug-likeness (QED) is 0.929. The summed E-state index contributed by atoms with van der Waals surface area (Å²) in [5, 5.41) is 8.95. The van der Waals surface area contributed by atoms with Crippen molar-refractivity contribution in [2.45, 2.75) is 25.8 Å². The smallest absolute Gasteiger partial charge is 0.338 e. The van der Waals surface area contributed by atoms with E-state index in [9.17, 15) is 18.0 Å². The van der Waals surface area contributed by atoms with Gasteiger partial charge in [-0.2, -0.15) is 0 Å². The van der Waals surface area contributed by atoms with Gasteiger partial charge < -0.3 is 14.7 Å². The topological polar surface area (TPSA) is 49.8 Å². The molecule has 1 atom stereocenters. The fourth-order valence-corrected chi connectivity index (χ4v) is 2.56. The van der Waals surface area contributed by atoms with E-state index in [1.54, 1.807) is 4.90 Å². The maximum atomic E-state index is 13.9. The van der Waals surface area contributed by atoms with Crippen LogP contribution >= 0.6 is 0 Å². The number of nitrogens with zero attached hydrogens (tertiary/aromatic N) is 1. The minimum absolute atomic E-state index is 0.145. The fourth-order valence-electron chi connectivity index (χ4n) is 2.56. The number of carboxylic acid groups (broad SMARTS) is 1. The van der Waals surface area contributed by atoms with Crippen molar-refractivity contribution < 1.29 is 27.8 Å². The van der Waals surface area contributed by atoms with Gasteiger partial charge in [0, 0.05) is 18.7 Å². The normalized spacial score (nSPS) is 19.1. The molecule has 0 aromatic heterocycles. The number of benzene rings is 1. The Morgan fingerprint density at radius 1 is 1.52 bits per heavy atom. The molecule has 0 amide bonds. The third-order valence-electron chi connectivity index (χ3n) is 3.50. The van der Waals surface area contributed by atoms with Gasteiger partial charge in [0.1, 0.15) is 5.82 Å². The Morgan fingerprint density at radius 3 is 2.81 bits per heavy atom. The van der Waals surface area contributed by atoms with Gasteiger partial charge in [-0.3, -0.25) is 0 Å². The van der Waals surface area contributed by atoms with Crippen molar-refractivity contribution in [2.75, 3.05) is 24.7 Å². The van der Waals surface area contributed by atoms with E-state index in [0.717, 1.165) is 6.07 Å². The highest BCUT2D eigenvalue weighted by atomic mass is 19.3. The maximum absolute atomic E-state index is 13.9. The third-order valence-corrected chi connectivity index (χ3v) is 3.50. The van der Waals surface area contributed by atoms with E-state index in [1.165, 1.54) is 13.0 Å². The summed E-state index contributed by atoms with van der Waals surface area (Å²) >= 11 is 0. The lowest BCUT2D eigenvalue weighted by molar-refractivity contribution is 0.0584. The van der Waals surface area contributed by atoms with Crippen molar-refractivity contribution in [3.8, 4) is 0 Å². The first-order chi connectivity index (χ1) is 9.90. The minimum atomic E-state index is -2.48. The molecule has 1 unspecified atom stereocenters. The second kappa shape index (κ2) is 6.34. The summed E-state index contributed by atoms with van der Waals surface area (Å²) in [6.07, 6.45) is -2.86. The molecule has 2 rings (SSSR count). The van der Waals surface area contributed by atoms with Gasteiger partial charge in [0.2, 0.25) is 6.43 Å². The Morgan fingerprint density at radius 2 is 2.24 bits per heavy atom. The number of aromatic carboxylic acids is 1. The summed E-state index contributed by atoms with van der Waals surface area (Å²) < 4.78 is 44.3. The number of hydrogen-bond acceptors (Lipinski definition) is 3. The molecule has 21 heavy (non-hydrogen) atoms. The Bertz CT molecular complexity index is 513. The highest BCUT2D eigenvalue weighted by Crippen LogP contribution is 2.27. The molecular weight excluding hydrogens is 287 g/mol. The molecule has 4 nitrogen and oxygen atoms in total. The molecule has 0 spiro atoms. The molecular formula is C14H16F3NO3. The van der Waals surface area contributed by atoms with E-state index >= 15 is 0 Å². The number of halogens is 3. The standard InChI is InChI=1S/C14H16F3NO3/c1-8-4-9(5-11(15)13(8)14(19)20)18-2-3-21-7-10(18)6-12(16)17/h4-5,10,12H,2-3,6-7H2,1H3,(H,19,20). The molecule has 1 N–H and O–H groups in total. The van der Waals surface area contributed by atoms with Crippen molar-refractivity contribution in [2.24, 2.45) is 0 Å². The Kier molecular flexibility index (Phi) is 4.72. The molecule has 0 bridgehead atoms.